The first-order valence-corrected chi connectivity index (χ1v) is 11.8. The average molecular weight is 499 g/mol. The molecule has 0 bridgehead atoms. The van der Waals surface area contributed by atoms with Gasteiger partial charge in [-0.1, -0.05) is 0 Å². The second kappa shape index (κ2) is 12.9. The van der Waals surface area contributed by atoms with Gasteiger partial charge in [0, 0.05) is 44.5 Å². The van der Waals surface area contributed by atoms with E-state index in [1.54, 1.807) is 24.3 Å². The highest BCUT2D eigenvalue weighted by Crippen LogP contribution is 2.36. The Labute approximate surface area is 209 Å². The zero-order valence-electron chi connectivity index (χ0n) is 20.4. The minimum Gasteiger partial charge on any atom is -0.481 e. The smallest absolute Gasteiger partial charge is 0.323 e. The van der Waals surface area contributed by atoms with Gasteiger partial charge < -0.3 is 30.1 Å². The number of benzene rings is 2. The molecule has 36 heavy (non-hydrogen) atoms. The average Bonchev–Trinajstić information content (AvgIpc) is 2.86. The lowest BCUT2D eigenvalue weighted by molar-refractivity contribution is -0.137. The highest BCUT2D eigenvalue weighted by atomic mass is 19.1. The molecule has 2 aromatic carbocycles. The molecule has 0 radical (unpaired) electrons. The Balaban J connectivity index is 1.97. The lowest BCUT2D eigenvalue weighted by atomic mass is 9.94. The molecule has 2 aromatic rings. The second-order valence-corrected chi connectivity index (χ2v) is 8.54. The first kappa shape index (κ1) is 26.9. The Morgan fingerprint density at radius 2 is 1.94 bits per heavy atom. The predicted molar refractivity (Wildman–Crippen MR) is 134 cm³/mol. The standard InChI is InChI=1S/C26H31FN4O5/c1-3-31(20-8-10-36-11-9-20)24-14-22(27)21(18(16-35-2)12-25(32)33)13-23(24)30-26(34)29-19-6-4-17(15-28)5-7-19/h4-7,13-14,18,20H,3,8-12,16H2,1-2H3,(H,32,33)(H2,29,30,34)/t18-/m1/s1. The van der Waals surface area contributed by atoms with Crippen molar-refractivity contribution in [2.75, 3.05) is 49.0 Å². The van der Waals surface area contributed by atoms with E-state index in [1.165, 1.54) is 19.2 Å². The molecule has 3 N–H and O–H groups in total. The van der Waals surface area contributed by atoms with E-state index < -0.39 is 23.7 Å². The molecule has 1 aliphatic rings. The molecule has 0 aliphatic carbocycles. The first-order valence-electron chi connectivity index (χ1n) is 11.8. The molecule has 10 heteroatoms. The van der Waals surface area contributed by atoms with Gasteiger partial charge in [-0.05, 0) is 61.7 Å². The summed E-state index contributed by atoms with van der Waals surface area (Å²) in [6.45, 7) is 3.74. The van der Waals surface area contributed by atoms with Crippen molar-refractivity contribution in [2.45, 2.75) is 38.1 Å². The number of hydrogen-bond donors (Lipinski definition) is 3. The van der Waals surface area contributed by atoms with Crippen LogP contribution in [-0.2, 0) is 14.3 Å². The largest absolute Gasteiger partial charge is 0.481 e. The number of carboxylic acids is 1. The molecule has 0 aromatic heterocycles. The van der Waals surface area contributed by atoms with Crippen molar-refractivity contribution >= 4 is 29.1 Å². The van der Waals surface area contributed by atoms with Gasteiger partial charge >= 0.3 is 12.0 Å². The fourth-order valence-corrected chi connectivity index (χ4v) is 4.44. The van der Waals surface area contributed by atoms with Gasteiger partial charge in [0.1, 0.15) is 5.82 Å². The minimum absolute atomic E-state index is 0.0108. The number of rotatable bonds is 10. The molecule has 1 saturated heterocycles. The molecule has 9 nitrogen and oxygen atoms in total. The van der Waals surface area contributed by atoms with E-state index >= 15 is 4.39 Å². The number of hydrogen-bond acceptors (Lipinski definition) is 6. The van der Waals surface area contributed by atoms with E-state index in [1.807, 2.05) is 17.9 Å². The zero-order valence-corrected chi connectivity index (χ0v) is 20.4. The number of methoxy groups -OCH3 is 1. The topological polar surface area (TPSA) is 124 Å². The number of nitriles is 1. The Kier molecular flexibility index (Phi) is 9.61. The number of ether oxygens (including phenoxy) is 2. The van der Waals surface area contributed by atoms with Crippen LogP contribution in [0.25, 0.3) is 0 Å². The second-order valence-electron chi connectivity index (χ2n) is 8.54. The van der Waals surface area contributed by atoms with Crippen molar-refractivity contribution in [1.82, 2.24) is 0 Å². The number of aliphatic carboxylic acids is 1. The van der Waals surface area contributed by atoms with E-state index in [2.05, 4.69) is 10.6 Å². The summed E-state index contributed by atoms with van der Waals surface area (Å²) < 4.78 is 26.0. The number of anilines is 3. The molecular weight excluding hydrogens is 467 g/mol. The molecule has 0 spiro atoms. The summed E-state index contributed by atoms with van der Waals surface area (Å²) >= 11 is 0. The SMILES string of the molecule is CCN(c1cc(F)c([C@@H](COC)CC(=O)O)cc1NC(=O)Nc1ccc(C#N)cc1)C1CCOCC1. The number of carbonyl (C=O) groups is 2. The van der Waals surface area contributed by atoms with E-state index in [9.17, 15) is 14.7 Å². The Hall–Kier alpha value is -3.68. The number of nitrogens with one attached hydrogen (secondary N) is 2. The number of nitrogens with zero attached hydrogens (tertiary/aromatic N) is 2. The third-order valence-electron chi connectivity index (χ3n) is 6.15. The van der Waals surface area contributed by atoms with Gasteiger partial charge in [-0.15, -0.1) is 0 Å². The van der Waals surface area contributed by atoms with E-state index in [-0.39, 0.29) is 24.6 Å². The van der Waals surface area contributed by atoms with Crippen molar-refractivity contribution in [3.8, 4) is 6.07 Å². The normalized spacial score (nSPS) is 14.5. The molecule has 1 fully saturated rings. The number of halogens is 1. The molecule has 3 rings (SSSR count). The highest BCUT2D eigenvalue weighted by molar-refractivity contribution is 6.02. The maximum atomic E-state index is 15.4. The van der Waals surface area contributed by atoms with Crippen LogP contribution in [0.5, 0.6) is 0 Å². The molecule has 0 unspecified atom stereocenters. The molecule has 1 atom stereocenters. The third kappa shape index (κ3) is 6.93. The maximum absolute atomic E-state index is 15.4. The van der Waals surface area contributed by atoms with Crippen molar-refractivity contribution in [3.05, 3.63) is 53.3 Å². The lowest BCUT2D eigenvalue weighted by Crippen LogP contribution is -2.40. The summed E-state index contributed by atoms with van der Waals surface area (Å²) in [5.74, 6) is -2.37. The predicted octanol–water partition coefficient (Wildman–Crippen LogP) is 4.55. The fourth-order valence-electron chi connectivity index (χ4n) is 4.44. The number of carboxylic acid groups (broad SMARTS) is 1. The van der Waals surface area contributed by atoms with Gasteiger partial charge in [0.2, 0.25) is 0 Å². The lowest BCUT2D eigenvalue weighted by Gasteiger charge is -2.36. The van der Waals surface area contributed by atoms with Crippen LogP contribution in [-0.4, -0.2) is 56.6 Å². The summed E-state index contributed by atoms with van der Waals surface area (Å²) in [6.07, 6.45) is 1.21. The number of amides is 2. The zero-order chi connectivity index (χ0) is 26.1. The van der Waals surface area contributed by atoms with E-state index in [4.69, 9.17) is 14.7 Å². The van der Waals surface area contributed by atoms with Crippen molar-refractivity contribution in [1.29, 1.82) is 5.26 Å². The van der Waals surface area contributed by atoms with E-state index in [0.29, 0.717) is 42.4 Å². The molecule has 192 valence electrons. The van der Waals surface area contributed by atoms with Gasteiger partial charge in [0.15, 0.2) is 0 Å². The van der Waals surface area contributed by atoms with Gasteiger partial charge in [0.05, 0.1) is 36.0 Å². The van der Waals surface area contributed by atoms with Gasteiger partial charge in [-0.2, -0.15) is 5.26 Å². The summed E-state index contributed by atoms with van der Waals surface area (Å²) in [5, 5.41) is 23.8. The van der Waals surface area contributed by atoms with Crippen molar-refractivity contribution in [2.24, 2.45) is 0 Å². The highest BCUT2D eigenvalue weighted by Gasteiger charge is 2.27. The van der Waals surface area contributed by atoms with E-state index in [0.717, 1.165) is 12.8 Å². The summed E-state index contributed by atoms with van der Waals surface area (Å²) in [4.78, 5) is 26.4. The minimum atomic E-state index is -1.08. The monoisotopic (exact) mass is 498 g/mol. The molecule has 1 aliphatic heterocycles. The maximum Gasteiger partial charge on any atom is 0.323 e. The van der Waals surface area contributed by atoms with Crippen LogP contribution >= 0.6 is 0 Å². The third-order valence-corrected chi connectivity index (χ3v) is 6.15. The Bertz CT molecular complexity index is 1100. The summed E-state index contributed by atoms with van der Waals surface area (Å²) in [5.41, 5.74) is 1.96. The number of carbonyl (C=O) groups excluding carboxylic acids is 1. The van der Waals surface area contributed by atoms with Crippen LogP contribution in [0.15, 0.2) is 36.4 Å². The Morgan fingerprint density at radius 3 is 2.53 bits per heavy atom. The van der Waals surface area contributed by atoms with Gasteiger partial charge in [0.25, 0.3) is 0 Å². The van der Waals surface area contributed by atoms with Crippen LogP contribution in [0, 0.1) is 17.1 Å². The summed E-state index contributed by atoms with van der Waals surface area (Å²) in [6, 6.07) is 10.8. The molecule has 2 amide bonds. The quantitative estimate of drug-likeness (QED) is 0.439. The van der Waals surface area contributed by atoms with Crippen LogP contribution in [0.2, 0.25) is 0 Å². The van der Waals surface area contributed by atoms with Gasteiger partial charge in [-0.3, -0.25) is 4.79 Å². The van der Waals surface area contributed by atoms with Gasteiger partial charge in [-0.25, -0.2) is 9.18 Å². The molecule has 1 heterocycles. The van der Waals surface area contributed by atoms with Crippen LogP contribution in [0.3, 0.4) is 0 Å². The Morgan fingerprint density at radius 1 is 1.25 bits per heavy atom. The van der Waals surface area contributed by atoms with Crippen LogP contribution in [0.1, 0.15) is 43.2 Å². The fraction of sp³-hybridized carbons (Fsp3) is 0.423. The molecule has 0 saturated carbocycles. The van der Waals surface area contributed by atoms with Crippen LogP contribution in [0.4, 0.5) is 26.2 Å². The number of urea groups is 1. The molecular formula is C26H31FN4O5. The van der Waals surface area contributed by atoms with Crippen molar-refractivity contribution < 1.29 is 28.6 Å². The summed E-state index contributed by atoms with van der Waals surface area (Å²) in [7, 11) is 1.43. The van der Waals surface area contributed by atoms with Crippen LogP contribution < -0.4 is 15.5 Å². The first-order chi connectivity index (χ1) is 17.4. The van der Waals surface area contributed by atoms with Crippen molar-refractivity contribution in [3.63, 3.8) is 0 Å².